The van der Waals surface area contributed by atoms with Gasteiger partial charge in [-0.1, -0.05) is 0 Å². The van der Waals surface area contributed by atoms with Gasteiger partial charge in [0.05, 0.1) is 12.8 Å². The third-order valence-corrected chi connectivity index (χ3v) is 5.23. The predicted molar refractivity (Wildman–Crippen MR) is 101 cm³/mol. The first-order valence-electron chi connectivity index (χ1n) is 8.31. The van der Waals surface area contributed by atoms with Crippen LogP contribution in [0, 0.1) is 12.7 Å². The van der Waals surface area contributed by atoms with Crippen LogP contribution in [0.3, 0.4) is 0 Å². The molecule has 9 nitrogen and oxygen atoms in total. The maximum atomic E-state index is 13.4. The van der Waals surface area contributed by atoms with Crippen LogP contribution in [0.15, 0.2) is 47.8 Å². The van der Waals surface area contributed by atoms with Crippen LogP contribution in [-0.2, 0) is 10.0 Å². The van der Waals surface area contributed by atoms with E-state index in [2.05, 4.69) is 25.1 Å². The molecule has 0 amide bonds. The molecule has 0 aliphatic heterocycles. The Labute approximate surface area is 161 Å². The van der Waals surface area contributed by atoms with Crippen LogP contribution < -0.4 is 14.8 Å². The quantitative estimate of drug-likeness (QED) is 0.546. The molecule has 0 saturated heterocycles. The maximum absolute atomic E-state index is 13.4. The molecule has 0 spiro atoms. The molecule has 3 aromatic rings. The molecule has 2 N–H and O–H groups in total. The fourth-order valence-corrected chi connectivity index (χ4v) is 3.64. The lowest BCUT2D eigenvalue weighted by atomic mass is 10.3. The topological polar surface area (TPSA) is 111 Å². The Morgan fingerprint density at radius 1 is 1.18 bits per heavy atom. The van der Waals surface area contributed by atoms with Crippen molar-refractivity contribution in [1.82, 2.24) is 24.5 Å². The van der Waals surface area contributed by atoms with Crippen LogP contribution in [0.2, 0.25) is 0 Å². The Bertz CT molecular complexity index is 1070. The zero-order valence-electron chi connectivity index (χ0n) is 15.3. The molecule has 0 unspecified atom stereocenters. The summed E-state index contributed by atoms with van der Waals surface area (Å²) < 4.78 is 47.2. The average Bonchev–Trinajstić information content (AvgIpc) is 3.12. The Balaban J connectivity index is 1.61. The molecule has 0 aliphatic rings. The monoisotopic (exact) mass is 406 g/mol. The summed E-state index contributed by atoms with van der Waals surface area (Å²) in [7, 11) is -2.61. The van der Waals surface area contributed by atoms with Crippen molar-refractivity contribution in [3.8, 4) is 11.6 Å². The van der Waals surface area contributed by atoms with Gasteiger partial charge >= 0.3 is 0 Å². The van der Waals surface area contributed by atoms with E-state index in [4.69, 9.17) is 4.74 Å². The van der Waals surface area contributed by atoms with Gasteiger partial charge in [-0.05, 0) is 31.2 Å². The largest absolute Gasteiger partial charge is 0.495 e. The van der Waals surface area contributed by atoms with E-state index in [1.54, 1.807) is 16.9 Å². The molecular weight excluding hydrogens is 387 g/mol. The molecule has 0 bridgehead atoms. The summed E-state index contributed by atoms with van der Waals surface area (Å²) in [6.07, 6.45) is 3.17. The minimum atomic E-state index is -3.93. The van der Waals surface area contributed by atoms with Gasteiger partial charge in [-0.15, -0.1) is 0 Å². The van der Waals surface area contributed by atoms with Crippen LogP contribution in [0.5, 0.6) is 5.75 Å². The van der Waals surface area contributed by atoms with Gasteiger partial charge in [0.25, 0.3) is 0 Å². The average molecular weight is 406 g/mol. The summed E-state index contributed by atoms with van der Waals surface area (Å²) in [4.78, 5) is 7.98. The number of aryl methyl sites for hydroxylation is 1. The Morgan fingerprint density at radius 2 is 2.00 bits per heavy atom. The number of nitrogens with one attached hydrogen (secondary N) is 2. The van der Waals surface area contributed by atoms with Gasteiger partial charge in [0, 0.05) is 25.4 Å². The van der Waals surface area contributed by atoms with Crippen molar-refractivity contribution in [2.24, 2.45) is 0 Å². The summed E-state index contributed by atoms with van der Waals surface area (Å²) in [5.74, 6) is 0.495. The Morgan fingerprint density at radius 3 is 2.71 bits per heavy atom. The smallest absolute Gasteiger partial charge is 0.244 e. The molecule has 3 rings (SSSR count). The Hall–Kier alpha value is -3.05. The van der Waals surface area contributed by atoms with Crippen molar-refractivity contribution in [3.05, 3.63) is 54.4 Å². The zero-order valence-corrected chi connectivity index (χ0v) is 16.1. The molecule has 0 fully saturated rings. The second-order valence-electron chi connectivity index (χ2n) is 5.78. The summed E-state index contributed by atoms with van der Waals surface area (Å²) >= 11 is 0. The predicted octanol–water partition coefficient (Wildman–Crippen LogP) is 1.51. The molecular formula is C17H19FN6O3S. The van der Waals surface area contributed by atoms with Crippen molar-refractivity contribution in [2.45, 2.75) is 11.8 Å². The van der Waals surface area contributed by atoms with Gasteiger partial charge < -0.3 is 10.1 Å². The fourth-order valence-electron chi connectivity index (χ4n) is 2.43. The van der Waals surface area contributed by atoms with E-state index < -0.39 is 15.8 Å². The summed E-state index contributed by atoms with van der Waals surface area (Å²) in [5.41, 5.74) is 0.857. The number of anilines is 1. The van der Waals surface area contributed by atoms with E-state index >= 15 is 0 Å². The molecule has 0 aliphatic carbocycles. The third kappa shape index (κ3) is 4.61. The molecule has 148 valence electrons. The minimum absolute atomic E-state index is 0.0578. The fraction of sp³-hybridized carbons (Fsp3) is 0.235. The van der Waals surface area contributed by atoms with E-state index in [0.29, 0.717) is 11.6 Å². The number of sulfonamides is 1. The SMILES string of the molecule is COc1ccc(F)cc1S(=O)(=O)NCCNc1cc(-n2ccc(C)n2)ncn1. The number of halogens is 1. The number of ether oxygens (including phenoxy) is 1. The summed E-state index contributed by atoms with van der Waals surface area (Å²) in [6.45, 7) is 2.18. The molecule has 28 heavy (non-hydrogen) atoms. The van der Waals surface area contributed by atoms with Gasteiger partial charge in [0.1, 0.15) is 28.6 Å². The molecule has 11 heteroatoms. The second kappa shape index (κ2) is 8.31. The summed E-state index contributed by atoms with van der Waals surface area (Å²) in [5, 5.41) is 7.27. The van der Waals surface area contributed by atoms with Crippen LogP contribution in [-0.4, -0.2) is 48.4 Å². The molecule has 0 saturated carbocycles. The number of hydrogen-bond acceptors (Lipinski definition) is 7. The molecule has 0 atom stereocenters. The van der Waals surface area contributed by atoms with Crippen LogP contribution in [0.25, 0.3) is 5.82 Å². The van der Waals surface area contributed by atoms with E-state index in [0.717, 1.165) is 17.8 Å². The normalized spacial score (nSPS) is 11.4. The highest BCUT2D eigenvalue weighted by Crippen LogP contribution is 2.24. The van der Waals surface area contributed by atoms with Gasteiger partial charge in [0.15, 0.2) is 5.82 Å². The van der Waals surface area contributed by atoms with Crippen molar-refractivity contribution >= 4 is 15.8 Å². The van der Waals surface area contributed by atoms with Crippen LogP contribution >= 0.6 is 0 Å². The first-order chi connectivity index (χ1) is 13.4. The highest BCUT2D eigenvalue weighted by molar-refractivity contribution is 7.89. The molecule has 2 aromatic heterocycles. The van der Waals surface area contributed by atoms with Crippen LogP contribution in [0.4, 0.5) is 10.2 Å². The van der Waals surface area contributed by atoms with Gasteiger partial charge in [-0.25, -0.2) is 32.2 Å². The van der Waals surface area contributed by atoms with E-state index in [9.17, 15) is 12.8 Å². The number of rotatable bonds is 8. The van der Waals surface area contributed by atoms with Crippen molar-refractivity contribution in [3.63, 3.8) is 0 Å². The van der Waals surface area contributed by atoms with E-state index in [-0.39, 0.29) is 23.7 Å². The van der Waals surface area contributed by atoms with Crippen LogP contribution in [0.1, 0.15) is 5.69 Å². The number of methoxy groups -OCH3 is 1. The first-order valence-corrected chi connectivity index (χ1v) is 9.79. The third-order valence-electron chi connectivity index (χ3n) is 3.75. The zero-order chi connectivity index (χ0) is 20.1. The highest BCUT2D eigenvalue weighted by atomic mass is 32.2. The van der Waals surface area contributed by atoms with Gasteiger partial charge in [-0.3, -0.25) is 0 Å². The highest BCUT2D eigenvalue weighted by Gasteiger charge is 2.19. The Kier molecular flexibility index (Phi) is 5.85. The van der Waals surface area contributed by atoms with Gasteiger partial charge in [-0.2, -0.15) is 5.10 Å². The number of benzene rings is 1. The number of aromatic nitrogens is 4. The van der Waals surface area contributed by atoms with Gasteiger partial charge in [0.2, 0.25) is 10.0 Å². The second-order valence-corrected chi connectivity index (χ2v) is 7.52. The lowest BCUT2D eigenvalue weighted by Crippen LogP contribution is -2.29. The maximum Gasteiger partial charge on any atom is 0.244 e. The molecule has 1 aromatic carbocycles. The summed E-state index contributed by atoms with van der Waals surface area (Å²) in [6, 6.07) is 6.85. The van der Waals surface area contributed by atoms with E-state index in [1.807, 2.05) is 13.0 Å². The van der Waals surface area contributed by atoms with E-state index in [1.165, 1.54) is 19.5 Å². The van der Waals surface area contributed by atoms with Crippen molar-refractivity contribution in [1.29, 1.82) is 0 Å². The first kappa shape index (κ1) is 19.7. The van der Waals surface area contributed by atoms with Crippen molar-refractivity contribution < 1.29 is 17.5 Å². The lowest BCUT2D eigenvalue weighted by Gasteiger charge is -2.11. The number of nitrogens with zero attached hydrogens (tertiary/aromatic N) is 4. The van der Waals surface area contributed by atoms with Crippen molar-refractivity contribution in [2.75, 3.05) is 25.5 Å². The lowest BCUT2D eigenvalue weighted by molar-refractivity contribution is 0.400. The minimum Gasteiger partial charge on any atom is -0.495 e. The molecule has 0 radical (unpaired) electrons. The number of hydrogen-bond donors (Lipinski definition) is 2. The standard InChI is InChI=1S/C17H19FN6O3S/c1-12-5-8-24(23-12)17-10-16(20-11-21-17)19-6-7-22-28(25,26)15-9-13(18)3-4-14(15)27-2/h3-5,8-11,22H,6-7H2,1-2H3,(H,19,20,21). The molecule has 2 heterocycles.